The van der Waals surface area contributed by atoms with E-state index in [4.69, 9.17) is 0 Å². The lowest BCUT2D eigenvalue weighted by Gasteiger charge is -2.15. The summed E-state index contributed by atoms with van der Waals surface area (Å²) in [6, 6.07) is 10.3. The van der Waals surface area contributed by atoms with Gasteiger partial charge in [-0.3, -0.25) is 4.99 Å². The van der Waals surface area contributed by atoms with Crippen LogP contribution in [0.1, 0.15) is 18.4 Å². The summed E-state index contributed by atoms with van der Waals surface area (Å²) in [6.07, 6.45) is 6.38. The maximum absolute atomic E-state index is 4.29. The van der Waals surface area contributed by atoms with E-state index in [0.717, 1.165) is 30.0 Å². The van der Waals surface area contributed by atoms with Crippen molar-refractivity contribution in [3.8, 4) is 5.69 Å². The molecule has 130 valence electrons. The molecule has 1 aromatic heterocycles. The Morgan fingerprint density at radius 1 is 1.33 bits per heavy atom. The Bertz CT molecular complexity index is 621. The standard InChI is InChI=1S/C17H23N5S.HI/c1-18-17(20-13-16-4-2-11-23-16)19-12-14-5-7-15(8-6-14)22-10-3-9-21-22;/h3,5-10,16H,2,4,11-13H2,1H3,(H2,18,19,20);1H. The molecule has 2 aromatic rings. The van der Waals surface area contributed by atoms with Gasteiger partial charge in [0.25, 0.3) is 0 Å². The molecule has 0 spiro atoms. The fraction of sp³-hybridized carbons (Fsp3) is 0.412. The average molecular weight is 457 g/mol. The van der Waals surface area contributed by atoms with Gasteiger partial charge in [0.2, 0.25) is 0 Å². The molecule has 1 fully saturated rings. The van der Waals surface area contributed by atoms with Gasteiger partial charge in [0, 0.05) is 37.8 Å². The number of halogens is 1. The molecule has 1 aliphatic rings. The summed E-state index contributed by atoms with van der Waals surface area (Å²) in [7, 11) is 1.82. The van der Waals surface area contributed by atoms with Crippen LogP contribution in [0.15, 0.2) is 47.7 Å². The van der Waals surface area contributed by atoms with E-state index in [9.17, 15) is 0 Å². The molecule has 3 rings (SSSR count). The van der Waals surface area contributed by atoms with E-state index < -0.39 is 0 Å². The van der Waals surface area contributed by atoms with Gasteiger partial charge in [-0.1, -0.05) is 12.1 Å². The normalized spacial score (nSPS) is 17.4. The summed E-state index contributed by atoms with van der Waals surface area (Å²) >= 11 is 2.06. The van der Waals surface area contributed by atoms with Crippen molar-refractivity contribution in [2.24, 2.45) is 4.99 Å². The average Bonchev–Trinajstić information content (AvgIpc) is 3.29. The molecular weight excluding hydrogens is 433 g/mol. The number of aliphatic imine (C=N–C) groups is 1. The SMILES string of the molecule is CN=C(NCc1ccc(-n2cccn2)cc1)NCC1CCCS1.I. The number of hydrogen-bond acceptors (Lipinski definition) is 3. The molecule has 1 aromatic carbocycles. The van der Waals surface area contributed by atoms with Crippen LogP contribution in [0.2, 0.25) is 0 Å². The van der Waals surface area contributed by atoms with Gasteiger partial charge in [-0.05, 0) is 42.4 Å². The Labute approximate surface area is 164 Å². The summed E-state index contributed by atoms with van der Waals surface area (Å²) in [5.74, 6) is 2.16. The number of nitrogens with one attached hydrogen (secondary N) is 2. The first-order valence-corrected chi connectivity index (χ1v) is 9.05. The second kappa shape index (κ2) is 9.93. The van der Waals surface area contributed by atoms with Crippen LogP contribution < -0.4 is 10.6 Å². The molecule has 1 unspecified atom stereocenters. The Hall–Kier alpha value is -1.22. The second-order valence-corrected chi connectivity index (χ2v) is 6.97. The van der Waals surface area contributed by atoms with Crippen molar-refractivity contribution in [2.45, 2.75) is 24.6 Å². The lowest BCUT2D eigenvalue weighted by Crippen LogP contribution is -2.39. The van der Waals surface area contributed by atoms with E-state index in [-0.39, 0.29) is 24.0 Å². The van der Waals surface area contributed by atoms with E-state index in [1.54, 1.807) is 6.20 Å². The van der Waals surface area contributed by atoms with Gasteiger partial charge < -0.3 is 10.6 Å². The zero-order valence-corrected chi connectivity index (χ0v) is 17.0. The molecule has 5 nitrogen and oxygen atoms in total. The summed E-state index contributed by atoms with van der Waals surface area (Å²) in [4.78, 5) is 4.29. The fourth-order valence-electron chi connectivity index (χ4n) is 2.61. The quantitative estimate of drug-likeness (QED) is 0.412. The molecule has 1 saturated heterocycles. The first-order valence-electron chi connectivity index (χ1n) is 8.00. The van der Waals surface area contributed by atoms with Crippen LogP contribution in [0.25, 0.3) is 5.69 Å². The summed E-state index contributed by atoms with van der Waals surface area (Å²) in [5.41, 5.74) is 2.29. The van der Waals surface area contributed by atoms with Gasteiger partial charge in [-0.15, -0.1) is 24.0 Å². The molecule has 2 N–H and O–H groups in total. The van der Waals surface area contributed by atoms with Crippen molar-refractivity contribution < 1.29 is 0 Å². The first-order chi connectivity index (χ1) is 11.3. The van der Waals surface area contributed by atoms with Crippen molar-refractivity contribution in [3.05, 3.63) is 48.3 Å². The van der Waals surface area contributed by atoms with Crippen LogP contribution in [0.4, 0.5) is 0 Å². The number of thioether (sulfide) groups is 1. The Morgan fingerprint density at radius 2 is 2.17 bits per heavy atom. The van der Waals surface area contributed by atoms with Crippen LogP contribution in [0.3, 0.4) is 0 Å². The van der Waals surface area contributed by atoms with Crippen molar-refractivity contribution in [1.29, 1.82) is 0 Å². The zero-order chi connectivity index (χ0) is 15.9. The lowest BCUT2D eigenvalue weighted by molar-refractivity contribution is 0.726. The van der Waals surface area contributed by atoms with Gasteiger partial charge in [0.1, 0.15) is 0 Å². The van der Waals surface area contributed by atoms with Gasteiger partial charge in [-0.25, -0.2) is 4.68 Å². The lowest BCUT2D eigenvalue weighted by atomic mass is 10.2. The second-order valence-electron chi connectivity index (χ2n) is 5.56. The van der Waals surface area contributed by atoms with Crippen LogP contribution >= 0.6 is 35.7 Å². The number of nitrogens with zero attached hydrogens (tertiary/aromatic N) is 3. The highest BCUT2D eigenvalue weighted by atomic mass is 127. The maximum Gasteiger partial charge on any atom is 0.191 e. The van der Waals surface area contributed by atoms with Gasteiger partial charge in [0.15, 0.2) is 5.96 Å². The molecule has 2 heterocycles. The minimum atomic E-state index is 0. The molecule has 24 heavy (non-hydrogen) atoms. The molecule has 1 atom stereocenters. The molecule has 7 heteroatoms. The molecule has 0 aliphatic carbocycles. The van der Waals surface area contributed by atoms with Gasteiger partial charge in [0.05, 0.1) is 5.69 Å². The minimum Gasteiger partial charge on any atom is -0.355 e. The molecule has 0 bridgehead atoms. The predicted molar refractivity (Wildman–Crippen MR) is 113 cm³/mol. The third-order valence-corrected chi connectivity index (χ3v) is 5.31. The van der Waals surface area contributed by atoms with Crippen molar-refractivity contribution in [1.82, 2.24) is 20.4 Å². The highest BCUT2D eigenvalue weighted by molar-refractivity contribution is 14.0. The van der Waals surface area contributed by atoms with Gasteiger partial charge >= 0.3 is 0 Å². The Kier molecular flexibility index (Phi) is 7.90. The van der Waals surface area contributed by atoms with Crippen LogP contribution in [-0.4, -0.2) is 40.3 Å². The smallest absolute Gasteiger partial charge is 0.191 e. The monoisotopic (exact) mass is 457 g/mol. The molecule has 0 amide bonds. The third-order valence-electron chi connectivity index (χ3n) is 3.91. The first kappa shape index (κ1) is 19.1. The molecule has 1 aliphatic heterocycles. The molecular formula is C17H24IN5S. The number of benzene rings is 1. The number of hydrogen-bond donors (Lipinski definition) is 2. The van der Waals surface area contributed by atoms with E-state index in [1.807, 2.05) is 24.0 Å². The van der Waals surface area contributed by atoms with Gasteiger partial charge in [-0.2, -0.15) is 16.9 Å². The minimum absolute atomic E-state index is 0. The van der Waals surface area contributed by atoms with E-state index in [1.165, 1.54) is 24.2 Å². The third kappa shape index (κ3) is 5.41. The van der Waals surface area contributed by atoms with E-state index in [0.29, 0.717) is 0 Å². The Balaban J connectivity index is 0.00000208. The Morgan fingerprint density at radius 3 is 2.79 bits per heavy atom. The van der Waals surface area contributed by atoms with E-state index >= 15 is 0 Å². The molecule has 0 radical (unpaired) electrons. The van der Waals surface area contributed by atoms with Crippen LogP contribution in [-0.2, 0) is 6.54 Å². The number of aromatic nitrogens is 2. The highest BCUT2D eigenvalue weighted by Gasteiger charge is 2.15. The maximum atomic E-state index is 4.29. The largest absolute Gasteiger partial charge is 0.355 e. The number of rotatable bonds is 5. The van der Waals surface area contributed by atoms with Crippen LogP contribution in [0, 0.1) is 0 Å². The number of guanidine groups is 1. The van der Waals surface area contributed by atoms with Crippen LogP contribution in [0.5, 0.6) is 0 Å². The molecule has 0 saturated carbocycles. The topological polar surface area (TPSA) is 54.2 Å². The van der Waals surface area contributed by atoms with Crippen molar-refractivity contribution in [2.75, 3.05) is 19.3 Å². The highest BCUT2D eigenvalue weighted by Crippen LogP contribution is 2.25. The fourth-order valence-corrected chi connectivity index (χ4v) is 3.81. The summed E-state index contributed by atoms with van der Waals surface area (Å²) < 4.78 is 1.86. The summed E-state index contributed by atoms with van der Waals surface area (Å²) in [5, 5.41) is 11.7. The van der Waals surface area contributed by atoms with Crippen molar-refractivity contribution >= 4 is 41.7 Å². The zero-order valence-electron chi connectivity index (χ0n) is 13.8. The predicted octanol–water partition coefficient (Wildman–Crippen LogP) is 3.05. The van der Waals surface area contributed by atoms with Crippen molar-refractivity contribution in [3.63, 3.8) is 0 Å². The van der Waals surface area contributed by atoms with E-state index in [2.05, 4.69) is 56.8 Å². The summed E-state index contributed by atoms with van der Waals surface area (Å²) in [6.45, 7) is 1.75.